The molecule has 0 saturated carbocycles. The Hall–Kier alpha value is -3.84. The van der Waals surface area contributed by atoms with Crippen LogP contribution in [0.1, 0.15) is 47.0 Å². The molecule has 0 unspecified atom stereocenters. The lowest BCUT2D eigenvalue weighted by atomic mass is 9.92. The molecule has 0 aromatic heterocycles. The minimum atomic E-state index is -1.26. The number of nitrogens with one attached hydrogen (secondary N) is 1. The fourth-order valence-electron chi connectivity index (χ4n) is 3.61. The van der Waals surface area contributed by atoms with Gasteiger partial charge in [-0.1, -0.05) is 5.11 Å². The highest BCUT2D eigenvalue weighted by molar-refractivity contribution is 5.86. The number of carbonyl (C=O) groups is 5. The summed E-state index contributed by atoms with van der Waals surface area (Å²) in [5.74, 6) is -3.48. The van der Waals surface area contributed by atoms with E-state index in [-0.39, 0.29) is 19.0 Å². The number of hydrogen-bond donors (Lipinski definition) is 1. The second-order valence-electron chi connectivity index (χ2n) is 8.21. The van der Waals surface area contributed by atoms with Crippen LogP contribution in [0.4, 0.5) is 0 Å². The lowest BCUT2D eigenvalue weighted by molar-refractivity contribution is -0.182. The molecule has 1 aliphatic rings. The van der Waals surface area contributed by atoms with E-state index in [0.717, 1.165) is 21.0 Å². The third kappa shape index (κ3) is 11.5. The minimum Gasteiger partial charge on any atom is -0.478 e. The van der Waals surface area contributed by atoms with E-state index < -0.39 is 66.8 Å². The summed E-state index contributed by atoms with van der Waals surface area (Å²) in [6.45, 7) is 4.73. The van der Waals surface area contributed by atoms with Gasteiger partial charge in [-0.15, -0.1) is 0 Å². The van der Waals surface area contributed by atoms with Gasteiger partial charge in [0.2, 0.25) is 11.7 Å². The van der Waals surface area contributed by atoms with Crippen molar-refractivity contribution in [2.24, 2.45) is 5.11 Å². The summed E-state index contributed by atoms with van der Waals surface area (Å²) in [7, 11) is 1.12. The molecule has 0 aliphatic carbocycles. The number of hydrogen-bond acceptors (Lipinski definition) is 12. The van der Waals surface area contributed by atoms with Crippen LogP contribution in [0.5, 0.6) is 0 Å². The van der Waals surface area contributed by atoms with Crippen molar-refractivity contribution < 1.29 is 52.4 Å². The molecule has 0 aromatic carbocycles. The van der Waals surface area contributed by atoms with Gasteiger partial charge in [0.25, 0.3) is 0 Å². The Kier molecular flexibility index (Phi) is 14.2. The highest BCUT2D eigenvalue weighted by Crippen LogP contribution is 2.28. The summed E-state index contributed by atoms with van der Waals surface area (Å²) in [5, 5.41) is 6.29. The Morgan fingerprint density at radius 3 is 2.24 bits per heavy atom. The maximum atomic E-state index is 12.3. The van der Waals surface area contributed by atoms with Gasteiger partial charge in [0.15, 0.2) is 6.10 Å². The van der Waals surface area contributed by atoms with Gasteiger partial charge in [-0.05, 0) is 30.9 Å². The topological polar surface area (TPSA) is 202 Å². The zero-order chi connectivity index (χ0) is 28.7. The van der Waals surface area contributed by atoms with E-state index in [1.807, 2.05) is 0 Å². The van der Waals surface area contributed by atoms with Crippen LogP contribution in [0.15, 0.2) is 16.9 Å². The highest BCUT2D eigenvalue weighted by Gasteiger charge is 2.46. The van der Waals surface area contributed by atoms with E-state index >= 15 is 0 Å². The molecule has 0 fully saturated rings. The summed E-state index contributed by atoms with van der Waals surface area (Å²) in [6, 6.07) is -2.18. The molecule has 0 aromatic rings. The first kappa shape index (κ1) is 32.2. The number of unbranched alkanes of at least 4 members (excludes halogenated alkanes) is 2. The maximum absolute atomic E-state index is 12.3. The van der Waals surface area contributed by atoms with Crippen molar-refractivity contribution in [3.05, 3.63) is 22.3 Å². The summed E-state index contributed by atoms with van der Waals surface area (Å²) < 4.78 is 32.0. The monoisotopic (exact) mass is 542 g/mol. The first-order valence-electron chi connectivity index (χ1n) is 11.8. The lowest BCUT2D eigenvalue weighted by Crippen LogP contribution is -2.60. The quantitative estimate of drug-likeness (QED) is 0.0779. The normalized spacial score (nSPS) is 19.8. The Balaban J connectivity index is 3.36. The van der Waals surface area contributed by atoms with Crippen molar-refractivity contribution >= 4 is 29.8 Å². The molecule has 0 bridgehead atoms. The molecule has 1 heterocycles. The van der Waals surface area contributed by atoms with Gasteiger partial charge in [-0.3, -0.25) is 19.2 Å². The van der Waals surface area contributed by atoms with E-state index in [9.17, 15) is 24.0 Å². The predicted molar refractivity (Wildman–Crippen MR) is 128 cm³/mol. The molecule has 1 N–H and O–H groups in total. The molecule has 15 nitrogen and oxygen atoms in total. The van der Waals surface area contributed by atoms with Gasteiger partial charge in [0.05, 0.1) is 25.8 Å². The Morgan fingerprint density at radius 2 is 1.68 bits per heavy atom. The molecule has 15 heteroatoms. The van der Waals surface area contributed by atoms with Crippen molar-refractivity contribution in [2.45, 2.75) is 77.4 Å². The fourth-order valence-corrected chi connectivity index (χ4v) is 3.61. The molecule has 5 atom stereocenters. The first-order chi connectivity index (χ1) is 18.0. The van der Waals surface area contributed by atoms with Gasteiger partial charge in [-0.25, -0.2) is 4.79 Å². The number of methoxy groups -OCH3 is 1. The molecular weight excluding hydrogens is 508 g/mol. The second-order valence-corrected chi connectivity index (χ2v) is 8.21. The molecule has 1 aliphatic heterocycles. The predicted octanol–water partition coefficient (Wildman–Crippen LogP) is 1.24. The third-order valence-electron chi connectivity index (χ3n) is 5.11. The van der Waals surface area contributed by atoms with E-state index in [4.69, 9.17) is 34.0 Å². The van der Waals surface area contributed by atoms with Crippen molar-refractivity contribution in [2.75, 3.05) is 26.9 Å². The van der Waals surface area contributed by atoms with E-state index in [1.54, 1.807) is 0 Å². The highest BCUT2D eigenvalue weighted by atomic mass is 16.6. The average molecular weight is 543 g/mol. The largest absolute Gasteiger partial charge is 0.478 e. The molecule has 1 rings (SSSR count). The molecule has 0 spiro atoms. The van der Waals surface area contributed by atoms with Gasteiger partial charge in [0.1, 0.15) is 18.8 Å². The van der Waals surface area contributed by atoms with Gasteiger partial charge in [0, 0.05) is 39.2 Å². The van der Waals surface area contributed by atoms with Crippen LogP contribution < -0.4 is 5.32 Å². The zero-order valence-electron chi connectivity index (χ0n) is 22.0. The number of amides is 1. The average Bonchev–Trinajstić information content (AvgIpc) is 2.83. The van der Waals surface area contributed by atoms with Gasteiger partial charge >= 0.3 is 23.9 Å². The van der Waals surface area contributed by atoms with Crippen molar-refractivity contribution in [1.82, 2.24) is 5.32 Å². The molecule has 38 heavy (non-hydrogen) atoms. The van der Waals surface area contributed by atoms with Gasteiger partial charge in [-0.2, -0.15) is 0 Å². The molecule has 1 amide bonds. The molecule has 0 saturated heterocycles. The van der Waals surface area contributed by atoms with Crippen molar-refractivity contribution in [1.29, 1.82) is 0 Å². The van der Waals surface area contributed by atoms with Crippen LogP contribution in [0.25, 0.3) is 10.4 Å². The zero-order valence-corrected chi connectivity index (χ0v) is 22.0. The Bertz CT molecular complexity index is 932. The summed E-state index contributed by atoms with van der Waals surface area (Å²) in [5.41, 5.74) is 9.10. The Morgan fingerprint density at radius 1 is 1.03 bits per heavy atom. The van der Waals surface area contributed by atoms with Crippen LogP contribution in [0, 0.1) is 0 Å². The molecular formula is C23H34N4O11. The third-order valence-corrected chi connectivity index (χ3v) is 5.11. The number of esters is 4. The fraction of sp³-hybridized carbons (Fsp3) is 0.696. The minimum absolute atomic E-state index is 0.0820. The number of carbonyl (C=O) groups excluding carboxylic acids is 5. The first-order valence-corrected chi connectivity index (χ1v) is 11.8. The number of ether oxygens (including phenoxy) is 6. The van der Waals surface area contributed by atoms with Gasteiger partial charge < -0.3 is 33.7 Å². The van der Waals surface area contributed by atoms with E-state index in [2.05, 4.69) is 15.3 Å². The smallest absolute Gasteiger partial charge is 0.372 e. The summed E-state index contributed by atoms with van der Waals surface area (Å²) in [6.07, 6.45) is -0.851. The standard InChI is InChI=1S/C23H34N4O11/c1-13(28)25-20-17(26-27-24)11-18(23(32)33-5)38-22(20)21(19(37-16(4)31)12-36-15(3)30)35-10-8-6-7-9-34-14(2)29/h11,17,19-22H,6-10,12H2,1-5H3,(H,25,28)/t17-,19+,20+,21+,22+/m0/s1. The maximum Gasteiger partial charge on any atom is 0.372 e. The lowest BCUT2D eigenvalue weighted by Gasteiger charge is -2.41. The van der Waals surface area contributed by atoms with Crippen LogP contribution in [-0.2, 0) is 52.4 Å². The van der Waals surface area contributed by atoms with E-state index in [0.29, 0.717) is 19.3 Å². The van der Waals surface area contributed by atoms with E-state index in [1.165, 1.54) is 19.9 Å². The SMILES string of the molecule is COC(=O)C1=C[C@H](N=[N+]=[N-])[C@@H](NC(C)=O)[C@H]([C@H](OCCCCCOC(C)=O)[C@@H](COC(C)=O)OC(C)=O)O1. The van der Waals surface area contributed by atoms with Crippen LogP contribution in [0.3, 0.4) is 0 Å². The number of azide groups is 1. The summed E-state index contributed by atoms with van der Waals surface area (Å²) >= 11 is 0. The van der Waals surface area contributed by atoms with Crippen LogP contribution in [0.2, 0.25) is 0 Å². The Labute approximate surface area is 219 Å². The number of nitrogens with zero attached hydrogens (tertiary/aromatic N) is 3. The molecule has 212 valence electrons. The van der Waals surface area contributed by atoms with Crippen molar-refractivity contribution in [3.63, 3.8) is 0 Å². The van der Waals surface area contributed by atoms with Crippen molar-refractivity contribution in [3.8, 4) is 0 Å². The summed E-state index contributed by atoms with van der Waals surface area (Å²) in [4.78, 5) is 61.5. The number of rotatable bonds is 15. The van der Waals surface area contributed by atoms with Crippen LogP contribution >= 0.6 is 0 Å². The second kappa shape index (κ2) is 16.8. The van der Waals surface area contributed by atoms with Crippen LogP contribution in [-0.4, -0.2) is 87.1 Å². The molecule has 0 radical (unpaired) electrons.